The molecule has 0 atom stereocenters. The van der Waals surface area contributed by atoms with Crippen molar-refractivity contribution in [3.8, 4) is 0 Å². The smallest absolute Gasteiger partial charge is 0.157 e. The van der Waals surface area contributed by atoms with Gasteiger partial charge in [-0.15, -0.1) is 0 Å². The summed E-state index contributed by atoms with van der Waals surface area (Å²) in [5.41, 5.74) is 0.379. The van der Waals surface area contributed by atoms with E-state index in [2.05, 4.69) is 26.1 Å². The average Bonchev–Trinajstić information content (AvgIpc) is 2.08. The molecule has 0 radical (unpaired) electrons. The van der Waals surface area contributed by atoms with Gasteiger partial charge < -0.3 is 5.32 Å². The first kappa shape index (κ1) is 14.4. The van der Waals surface area contributed by atoms with Gasteiger partial charge in [0.25, 0.3) is 0 Å². The molecule has 0 spiro atoms. The Bertz CT molecular complexity index is 211. The predicted octanol–water partition coefficient (Wildman–Crippen LogP) is 2.79. The maximum Gasteiger partial charge on any atom is 0.157 e. The van der Waals surface area contributed by atoms with Crippen molar-refractivity contribution in [3.05, 3.63) is 12.2 Å². The molecule has 0 saturated carbocycles. The Morgan fingerprint density at radius 3 is 2.40 bits per heavy atom. The van der Waals surface area contributed by atoms with Crippen molar-refractivity contribution in [1.82, 2.24) is 5.32 Å². The minimum Gasteiger partial charge on any atom is -0.313 e. The second-order valence-corrected chi connectivity index (χ2v) is 5.47. The van der Waals surface area contributed by atoms with Crippen LogP contribution in [0.15, 0.2) is 12.2 Å². The van der Waals surface area contributed by atoms with Gasteiger partial charge in [0.1, 0.15) is 0 Å². The lowest BCUT2D eigenvalue weighted by Gasteiger charge is -2.17. The zero-order valence-electron chi connectivity index (χ0n) is 10.8. The summed E-state index contributed by atoms with van der Waals surface area (Å²) in [5.74, 6) is 0.309. The minimum absolute atomic E-state index is 0.107. The van der Waals surface area contributed by atoms with Crippen molar-refractivity contribution in [1.29, 1.82) is 0 Å². The summed E-state index contributed by atoms with van der Waals surface area (Å²) in [7, 11) is 0. The van der Waals surface area contributed by atoms with Crippen LogP contribution in [0.4, 0.5) is 0 Å². The number of carbonyl (C=O) groups is 1. The fraction of sp³-hybridized carbons (Fsp3) is 0.769. The number of allylic oxidation sites excluding steroid dienone is 1. The van der Waals surface area contributed by atoms with E-state index in [0.29, 0.717) is 5.41 Å². The Balaban J connectivity index is 3.51. The van der Waals surface area contributed by atoms with Crippen LogP contribution in [0.25, 0.3) is 0 Å². The lowest BCUT2D eigenvalue weighted by molar-refractivity contribution is -0.117. The van der Waals surface area contributed by atoms with E-state index in [1.165, 1.54) is 0 Å². The topological polar surface area (TPSA) is 29.1 Å². The third kappa shape index (κ3) is 9.67. The van der Waals surface area contributed by atoms with Gasteiger partial charge in [0.15, 0.2) is 5.78 Å². The summed E-state index contributed by atoms with van der Waals surface area (Å²) >= 11 is 0. The Morgan fingerprint density at radius 1 is 1.33 bits per heavy atom. The van der Waals surface area contributed by atoms with Crippen molar-refractivity contribution < 1.29 is 4.79 Å². The van der Waals surface area contributed by atoms with Gasteiger partial charge in [0, 0.05) is 12.5 Å². The van der Waals surface area contributed by atoms with Crippen LogP contribution in [0, 0.1) is 11.3 Å². The maximum atomic E-state index is 11.2. The molecule has 0 bridgehead atoms. The molecule has 0 aromatic carbocycles. The van der Waals surface area contributed by atoms with E-state index in [4.69, 9.17) is 0 Å². The molecule has 0 amide bonds. The molecule has 0 aliphatic carbocycles. The second kappa shape index (κ2) is 6.78. The highest BCUT2D eigenvalue weighted by Gasteiger charge is 2.08. The van der Waals surface area contributed by atoms with Gasteiger partial charge in [0.05, 0.1) is 0 Å². The summed E-state index contributed by atoms with van der Waals surface area (Å²) in [4.78, 5) is 11.2. The molecule has 0 aromatic heterocycles. The molecule has 2 heteroatoms. The SMILES string of the molecule is CC(C)C(=O)/C=C/CNCCC(C)(C)C. The highest BCUT2D eigenvalue weighted by molar-refractivity contribution is 5.91. The molecule has 0 saturated heterocycles. The van der Waals surface area contributed by atoms with Gasteiger partial charge in [-0.3, -0.25) is 4.79 Å². The molecule has 0 fully saturated rings. The molecule has 0 aliphatic rings. The number of nitrogens with one attached hydrogen (secondary N) is 1. The van der Waals surface area contributed by atoms with E-state index in [9.17, 15) is 4.79 Å². The first-order chi connectivity index (χ1) is 6.83. The summed E-state index contributed by atoms with van der Waals surface area (Å²) in [6.45, 7) is 12.3. The Hall–Kier alpha value is -0.630. The fourth-order valence-corrected chi connectivity index (χ4v) is 1.02. The molecule has 0 unspecified atom stereocenters. The van der Waals surface area contributed by atoms with E-state index >= 15 is 0 Å². The van der Waals surface area contributed by atoms with Gasteiger partial charge in [-0.25, -0.2) is 0 Å². The number of hydrogen-bond donors (Lipinski definition) is 1. The van der Waals surface area contributed by atoms with E-state index < -0.39 is 0 Å². The molecule has 88 valence electrons. The van der Waals surface area contributed by atoms with Crippen LogP contribution in [0.5, 0.6) is 0 Å². The van der Waals surface area contributed by atoms with Crippen LogP contribution in [0.3, 0.4) is 0 Å². The summed E-state index contributed by atoms with van der Waals surface area (Å²) in [6, 6.07) is 0. The molecular weight excluding hydrogens is 186 g/mol. The maximum absolute atomic E-state index is 11.2. The van der Waals surface area contributed by atoms with Crippen LogP contribution in [0.1, 0.15) is 41.0 Å². The summed E-state index contributed by atoms with van der Waals surface area (Å²) in [5, 5.41) is 3.30. The lowest BCUT2D eigenvalue weighted by atomic mass is 9.92. The molecule has 0 rings (SSSR count). The average molecular weight is 211 g/mol. The highest BCUT2D eigenvalue weighted by Crippen LogP contribution is 2.16. The van der Waals surface area contributed by atoms with Gasteiger partial charge in [-0.2, -0.15) is 0 Å². The van der Waals surface area contributed by atoms with Crippen LogP contribution < -0.4 is 5.32 Å². The Labute approximate surface area is 94.1 Å². The molecule has 15 heavy (non-hydrogen) atoms. The van der Waals surface area contributed by atoms with E-state index in [-0.39, 0.29) is 11.7 Å². The van der Waals surface area contributed by atoms with Gasteiger partial charge >= 0.3 is 0 Å². The normalized spacial score (nSPS) is 12.7. The van der Waals surface area contributed by atoms with Gasteiger partial charge in [-0.1, -0.05) is 40.7 Å². The zero-order valence-corrected chi connectivity index (χ0v) is 10.8. The second-order valence-electron chi connectivity index (χ2n) is 5.47. The van der Waals surface area contributed by atoms with Crippen molar-refractivity contribution in [2.75, 3.05) is 13.1 Å². The van der Waals surface area contributed by atoms with E-state index in [1.807, 2.05) is 19.9 Å². The first-order valence-corrected chi connectivity index (χ1v) is 5.74. The molecular formula is C13H25NO. The minimum atomic E-state index is 0.107. The lowest BCUT2D eigenvalue weighted by Crippen LogP contribution is -2.20. The monoisotopic (exact) mass is 211 g/mol. The van der Waals surface area contributed by atoms with Crippen LogP contribution in [-0.2, 0) is 4.79 Å². The van der Waals surface area contributed by atoms with Crippen LogP contribution in [0.2, 0.25) is 0 Å². The van der Waals surface area contributed by atoms with Crippen molar-refractivity contribution in [2.24, 2.45) is 11.3 Å². The van der Waals surface area contributed by atoms with E-state index in [0.717, 1.165) is 19.5 Å². The fourth-order valence-electron chi connectivity index (χ4n) is 1.02. The van der Waals surface area contributed by atoms with Crippen molar-refractivity contribution in [2.45, 2.75) is 41.0 Å². The standard InChI is InChI=1S/C13H25NO/c1-11(2)12(15)7-6-9-14-10-8-13(3,4)5/h6-7,11,14H,8-10H2,1-5H3/b7-6+. The highest BCUT2D eigenvalue weighted by atomic mass is 16.1. The Morgan fingerprint density at radius 2 is 1.93 bits per heavy atom. The molecule has 2 nitrogen and oxygen atoms in total. The summed E-state index contributed by atoms with van der Waals surface area (Å²) in [6.07, 6.45) is 4.73. The van der Waals surface area contributed by atoms with Crippen molar-refractivity contribution in [3.63, 3.8) is 0 Å². The third-order valence-corrected chi connectivity index (χ3v) is 2.17. The number of rotatable bonds is 6. The molecule has 0 aromatic rings. The largest absolute Gasteiger partial charge is 0.313 e. The first-order valence-electron chi connectivity index (χ1n) is 5.74. The Kier molecular flexibility index (Phi) is 6.50. The summed E-state index contributed by atoms with van der Waals surface area (Å²) < 4.78 is 0. The van der Waals surface area contributed by atoms with E-state index in [1.54, 1.807) is 6.08 Å². The van der Waals surface area contributed by atoms with Gasteiger partial charge in [0.2, 0.25) is 0 Å². The molecule has 1 N–H and O–H groups in total. The third-order valence-electron chi connectivity index (χ3n) is 2.17. The predicted molar refractivity (Wildman–Crippen MR) is 65.9 cm³/mol. The quantitative estimate of drug-likeness (QED) is 0.540. The molecule has 0 heterocycles. The van der Waals surface area contributed by atoms with Gasteiger partial charge in [-0.05, 0) is 24.5 Å². The van der Waals surface area contributed by atoms with Crippen molar-refractivity contribution >= 4 is 5.78 Å². The van der Waals surface area contributed by atoms with Crippen LogP contribution in [-0.4, -0.2) is 18.9 Å². The number of ketones is 1. The number of carbonyl (C=O) groups excluding carboxylic acids is 1. The zero-order chi connectivity index (χ0) is 11.9. The molecule has 0 aliphatic heterocycles. The van der Waals surface area contributed by atoms with Crippen LogP contribution >= 0.6 is 0 Å². The number of hydrogen-bond acceptors (Lipinski definition) is 2.